The standard InChI is InChI=1S/C9H9ClN4O/c10-7-4-13-9(11)14-8(7)12-3-6-1-2-15-5-6/h1-2,4-5H,3H2,(H3,11,12,13,14). The van der Waals surface area contributed by atoms with Gasteiger partial charge in [0.1, 0.15) is 5.02 Å². The van der Waals surface area contributed by atoms with Crippen LogP contribution in [0.4, 0.5) is 11.8 Å². The smallest absolute Gasteiger partial charge is 0.222 e. The van der Waals surface area contributed by atoms with Gasteiger partial charge in [0.15, 0.2) is 5.82 Å². The van der Waals surface area contributed by atoms with Crippen molar-refractivity contribution < 1.29 is 4.42 Å². The third kappa shape index (κ3) is 2.38. The van der Waals surface area contributed by atoms with Crippen LogP contribution < -0.4 is 11.1 Å². The second-order valence-electron chi connectivity index (χ2n) is 2.91. The molecule has 2 heterocycles. The predicted octanol–water partition coefficient (Wildman–Crippen LogP) is 1.92. The molecule has 0 atom stereocenters. The maximum atomic E-state index is 5.87. The Bertz CT molecular complexity index is 443. The van der Waals surface area contributed by atoms with Gasteiger partial charge in [-0.15, -0.1) is 0 Å². The van der Waals surface area contributed by atoms with Crippen molar-refractivity contribution in [2.45, 2.75) is 6.54 Å². The molecule has 0 fully saturated rings. The van der Waals surface area contributed by atoms with Gasteiger partial charge in [-0.05, 0) is 6.07 Å². The lowest BCUT2D eigenvalue weighted by Crippen LogP contribution is -2.04. The maximum absolute atomic E-state index is 5.87. The molecule has 0 unspecified atom stereocenters. The normalized spacial score (nSPS) is 10.2. The molecule has 0 aliphatic carbocycles. The third-order valence-corrected chi connectivity index (χ3v) is 2.08. The lowest BCUT2D eigenvalue weighted by atomic mass is 10.3. The number of halogens is 1. The molecule has 0 amide bonds. The molecular weight excluding hydrogens is 216 g/mol. The van der Waals surface area contributed by atoms with Gasteiger partial charge in [0, 0.05) is 12.1 Å². The van der Waals surface area contributed by atoms with Crippen molar-refractivity contribution in [3.05, 3.63) is 35.4 Å². The summed E-state index contributed by atoms with van der Waals surface area (Å²) in [4.78, 5) is 7.73. The van der Waals surface area contributed by atoms with Crippen LogP contribution in [-0.2, 0) is 6.54 Å². The molecule has 0 saturated carbocycles. The van der Waals surface area contributed by atoms with E-state index in [1.807, 2.05) is 6.07 Å². The van der Waals surface area contributed by atoms with E-state index in [9.17, 15) is 0 Å². The number of hydrogen-bond acceptors (Lipinski definition) is 5. The van der Waals surface area contributed by atoms with E-state index in [-0.39, 0.29) is 5.95 Å². The molecule has 78 valence electrons. The molecule has 2 aromatic rings. The first kappa shape index (κ1) is 9.79. The van der Waals surface area contributed by atoms with Gasteiger partial charge in [-0.25, -0.2) is 4.98 Å². The van der Waals surface area contributed by atoms with Gasteiger partial charge in [0.25, 0.3) is 0 Å². The van der Waals surface area contributed by atoms with E-state index in [0.29, 0.717) is 17.4 Å². The Kier molecular flexibility index (Phi) is 2.73. The second kappa shape index (κ2) is 4.18. The highest BCUT2D eigenvalue weighted by molar-refractivity contribution is 6.32. The van der Waals surface area contributed by atoms with Crippen molar-refractivity contribution in [2.75, 3.05) is 11.1 Å². The zero-order valence-corrected chi connectivity index (χ0v) is 8.53. The topological polar surface area (TPSA) is 77.0 Å². The van der Waals surface area contributed by atoms with Crippen molar-refractivity contribution in [2.24, 2.45) is 0 Å². The molecular formula is C9H9ClN4O. The summed E-state index contributed by atoms with van der Waals surface area (Å²) < 4.78 is 4.93. The van der Waals surface area contributed by atoms with Crippen LogP contribution in [0.5, 0.6) is 0 Å². The Morgan fingerprint density at radius 1 is 1.53 bits per heavy atom. The second-order valence-corrected chi connectivity index (χ2v) is 3.32. The largest absolute Gasteiger partial charge is 0.472 e. The highest BCUT2D eigenvalue weighted by Gasteiger charge is 2.03. The molecule has 5 nitrogen and oxygen atoms in total. The molecule has 2 rings (SSSR count). The van der Waals surface area contributed by atoms with E-state index in [4.69, 9.17) is 21.8 Å². The number of nitrogens with one attached hydrogen (secondary N) is 1. The van der Waals surface area contributed by atoms with E-state index >= 15 is 0 Å². The summed E-state index contributed by atoms with van der Waals surface area (Å²) in [5.74, 6) is 0.708. The van der Waals surface area contributed by atoms with Crippen LogP contribution in [0.15, 0.2) is 29.2 Å². The van der Waals surface area contributed by atoms with Crippen LogP contribution in [0.2, 0.25) is 5.02 Å². The van der Waals surface area contributed by atoms with Gasteiger partial charge >= 0.3 is 0 Å². The average molecular weight is 225 g/mol. The van der Waals surface area contributed by atoms with Crippen LogP contribution in [-0.4, -0.2) is 9.97 Å². The number of furan rings is 1. The van der Waals surface area contributed by atoms with Gasteiger partial charge in [0.2, 0.25) is 5.95 Å². The molecule has 3 N–H and O–H groups in total. The van der Waals surface area contributed by atoms with Gasteiger partial charge in [-0.3, -0.25) is 0 Å². The number of nitrogen functional groups attached to an aromatic ring is 1. The summed E-state index contributed by atoms with van der Waals surface area (Å²) >= 11 is 5.87. The van der Waals surface area contributed by atoms with Gasteiger partial charge in [0.05, 0.1) is 18.7 Å². The van der Waals surface area contributed by atoms with E-state index < -0.39 is 0 Å². The first-order valence-corrected chi connectivity index (χ1v) is 4.66. The Labute approximate surface area is 91.3 Å². The van der Waals surface area contributed by atoms with Crippen molar-refractivity contribution >= 4 is 23.4 Å². The average Bonchev–Trinajstić information content (AvgIpc) is 2.72. The van der Waals surface area contributed by atoms with Gasteiger partial charge < -0.3 is 15.5 Å². The Hall–Kier alpha value is -1.75. The molecule has 15 heavy (non-hydrogen) atoms. The number of nitrogens with zero attached hydrogens (tertiary/aromatic N) is 2. The highest BCUT2D eigenvalue weighted by atomic mass is 35.5. The first-order valence-electron chi connectivity index (χ1n) is 4.28. The summed E-state index contributed by atoms with van der Waals surface area (Å²) in [5.41, 5.74) is 6.44. The Morgan fingerprint density at radius 2 is 2.40 bits per heavy atom. The number of anilines is 2. The minimum absolute atomic E-state index is 0.189. The molecule has 2 aromatic heterocycles. The van der Waals surface area contributed by atoms with E-state index in [1.54, 1.807) is 12.5 Å². The van der Waals surface area contributed by atoms with Crippen molar-refractivity contribution in [1.82, 2.24) is 9.97 Å². The zero-order valence-electron chi connectivity index (χ0n) is 7.77. The quantitative estimate of drug-likeness (QED) is 0.833. The van der Waals surface area contributed by atoms with Crippen LogP contribution in [0.1, 0.15) is 5.56 Å². The molecule has 0 saturated heterocycles. The Balaban J connectivity index is 2.07. The monoisotopic (exact) mass is 224 g/mol. The fraction of sp³-hybridized carbons (Fsp3) is 0.111. The summed E-state index contributed by atoms with van der Waals surface area (Å²) in [6.45, 7) is 0.576. The fourth-order valence-electron chi connectivity index (χ4n) is 1.08. The van der Waals surface area contributed by atoms with Crippen LogP contribution in [0, 0.1) is 0 Å². The first-order chi connectivity index (χ1) is 7.25. The molecule has 0 spiro atoms. The maximum Gasteiger partial charge on any atom is 0.222 e. The molecule has 0 aliphatic rings. The molecule has 0 aromatic carbocycles. The van der Waals surface area contributed by atoms with E-state index in [1.165, 1.54) is 6.20 Å². The summed E-state index contributed by atoms with van der Waals surface area (Å²) in [6.07, 6.45) is 4.71. The lowest BCUT2D eigenvalue weighted by Gasteiger charge is -2.05. The van der Waals surface area contributed by atoms with Crippen molar-refractivity contribution in [3.63, 3.8) is 0 Å². The number of nitrogens with two attached hydrogens (primary N) is 1. The van der Waals surface area contributed by atoms with Crippen LogP contribution in [0.25, 0.3) is 0 Å². The van der Waals surface area contributed by atoms with Crippen LogP contribution >= 0.6 is 11.6 Å². The van der Waals surface area contributed by atoms with Gasteiger partial charge in [-0.2, -0.15) is 4.98 Å². The van der Waals surface area contributed by atoms with E-state index in [2.05, 4.69) is 15.3 Å². The van der Waals surface area contributed by atoms with Crippen LogP contribution in [0.3, 0.4) is 0 Å². The number of hydrogen-bond donors (Lipinski definition) is 2. The predicted molar refractivity (Wildman–Crippen MR) is 57.5 cm³/mol. The third-order valence-electron chi connectivity index (χ3n) is 1.80. The minimum Gasteiger partial charge on any atom is -0.472 e. The minimum atomic E-state index is 0.189. The zero-order chi connectivity index (χ0) is 10.7. The van der Waals surface area contributed by atoms with E-state index in [0.717, 1.165) is 5.56 Å². The van der Waals surface area contributed by atoms with Crippen molar-refractivity contribution in [3.8, 4) is 0 Å². The summed E-state index contributed by atoms with van der Waals surface area (Å²) in [5, 5.41) is 3.47. The fourth-order valence-corrected chi connectivity index (χ4v) is 1.24. The lowest BCUT2D eigenvalue weighted by molar-refractivity contribution is 0.564. The summed E-state index contributed by atoms with van der Waals surface area (Å²) in [6, 6.07) is 1.85. The molecule has 0 bridgehead atoms. The highest BCUT2D eigenvalue weighted by Crippen LogP contribution is 2.19. The molecule has 6 heteroatoms. The number of aromatic nitrogens is 2. The summed E-state index contributed by atoms with van der Waals surface area (Å²) in [7, 11) is 0. The SMILES string of the molecule is Nc1ncc(Cl)c(NCc2ccoc2)n1. The van der Waals surface area contributed by atoms with Gasteiger partial charge in [-0.1, -0.05) is 11.6 Å². The molecule has 0 radical (unpaired) electrons. The molecule has 0 aliphatic heterocycles. The van der Waals surface area contributed by atoms with Crippen molar-refractivity contribution in [1.29, 1.82) is 0 Å². The Morgan fingerprint density at radius 3 is 3.13 bits per heavy atom. The number of rotatable bonds is 3.